The Kier molecular flexibility index (Phi) is 2.17. The summed E-state index contributed by atoms with van der Waals surface area (Å²) in [7, 11) is 0. The van der Waals surface area contributed by atoms with Gasteiger partial charge in [0, 0.05) is 6.20 Å². The van der Waals surface area contributed by atoms with E-state index in [1.54, 1.807) is 12.3 Å². The molecule has 0 aliphatic heterocycles. The highest BCUT2D eigenvalue weighted by Gasteiger charge is 2.16. The van der Waals surface area contributed by atoms with Crippen LogP contribution >= 0.6 is 0 Å². The third kappa shape index (κ3) is 1.69. The normalized spacial score (nSPS) is 10.2. The second-order valence-electron chi connectivity index (χ2n) is 2.90. The molecule has 2 heterocycles. The average Bonchev–Trinajstić information content (AvgIpc) is 2.67. The predicted octanol–water partition coefficient (Wildman–Crippen LogP) is 1.14. The number of hydrogen-bond acceptors (Lipinski definition) is 5. The molecule has 6 nitrogen and oxygen atoms in total. The Balaban J connectivity index is 2.46. The maximum absolute atomic E-state index is 10.5. The van der Waals surface area contributed by atoms with Gasteiger partial charge in [-0.1, -0.05) is 11.2 Å². The fraction of sp³-hybridized carbons (Fsp3) is 0.111. The summed E-state index contributed by atoms with van der Waals surface area (Å²) in [5.41, 5.74) is 1.38. The number of carbonyl (C=O) groups is 1. The highest BCUT2D eigenvalue weighted by molar-refractivity contribution is 5.82. The number of hydrogen-bond donors (Lipinski definition) is 1. The van der Waals surface area contributed by atoms with Gasteiger partial charge in [-0.2, -0.15) is 4.98 Å². The molecule has 0 aliphatic rings. The highest BCUT2D eigenvalue weighted by atomic mass is 16.5. The van der Waals surface area contributed by atoms with Crippen LogP contribution in [-0.2, 0) is 0 Å². The lowest BCUT2D eigenvalue weighted by Crippen LogP contribution is -1.96. The van der Waals surface area contributed by atoms with E-state index in [4.69, 9.17) is 5.11 Å². The average molecular weight is 205 g/mol. The van der Waals surface area contributed by atoms with E-state index in [9.17, 15) is 4.79 Å². The number of aryl methyl sites for hydroxylation is 1. The Hall–Kier alpha value is -2.24. The molecule has 0 amide bonds. The zero-order chi connectivity index (χ0) is 10.8. The predicted molar refractivity (Wildman–Crippen MR) is 49.2 cm³/mol. The Labute approximate surface area is 84.6 Å². The molecule has 2 rings (SSSR count). The highest BCUT2D eigenvalue weighted by Crippen LogP contribution is 2.16. The summed E-state index contributed by atoms with van der Waals surface area (Å²) in [4.78, 5) is 18.3. The van der Waals surface area contributed by atoms with Crippen LogP contribution < -0.4 is 0 Å². The van der Waals surface area contributed by atoms with Gasteiger partial charge in [-0.3, -0.25) is 4.98 Å². The van der Waals surface area contributed by atoms with Crippen molar-refractivity contribution in [3.8, 4) is 11.5 Å². The second kappa shape index (κ2) is 3.49. The zero-order valence-corrected chi connectivity index (χ0v) is 7.84. The lowest BCUT2D eigenvalue weighted by atomic mass is 10.2. The summed E-state index contributed by atoms with van der Waals surface area (Å²) in [6.07, 6.45) is 1.58. The summed E-state index contributed by atoms with van der Waals surface area (Å²) in [5.74, 6) is -1.50. The first-order valence-electron chi connectivity index (χ1n) is 4.17. The number of rotatable bonds is 2. The fourth-order valence-corrected chi connectivity index (χ4v) is 1.13. The van der Waals surface area contributed by atoms with Crippen LogP contribution in [0.2, 0.25) is 0 Å². The summed E-state index contributed by atoms with van der Waals surface area (Å²) in [6.45, 7) is 1.83. The molecule has 2 aromatic rings. The topological polar surface area (TPSA) is 89.1 Å². The lowest BCUT2D eigenvalue weighted by molar-refractivity contribution is 0.0643. The van der Waals surface area contributed by atoms with Gasteiger partial charge >= 0.3 is 11.9 Å². The van der Waals surface area contributed by atoms with Crippen molar-refractivity contribution in [2.45, 2.75) is 6.92 Å². The molecule has 0 aromatic carbocycles. The minimum absolute atomic E-state index is 0.186. The summed E-state index contributed by atoms with van der Waals surface area (Å²) < 4.78 is 4.53. The van der Waals surface area contributed by atoms with Gasteiger partial charge in [-0.25, -0.2) is 4.79 Å². The minimum Gasteiger partial charge on any atom is -0.474 e. The number of carboxylic acids is 1. The van der Waals surface area contributed by atoms with E-state index in [-0.39, 0.29) is 5.82 Å². The molecule has 0 unspecified atom stereocenters. The SMILES string of the molecule is Cc1cccnc1-c1noc(C(=O)O)n1. The Bertz CT molecular complexity index is 507. The standard InChI is InChI=1S/C9H7N3O3/c1-5-3-2-4-10-6(5)7-11-8(9(13)14)15-12-7/h2-4H,1H3,(H,13,14). The molecule has 0 saturated carbocycles. The van der Waals surface area contributed by atoms with Gasteiger partial charge in [0.05, 0.1) is 0 Å². The molecular weight excluding hydrogens is 198 g/mol. The molecule has 15 heavy (non-hydrogen) atoms. The van der Waals surface area contributed by atoms with Gasteiger partial charge in [-0.15, -0.1) is 0 Å². The van der Waals surface area contributed by atoms with Crippen LogP contribution in [0.3, 0.4) is 0 Å². The van der Waals surface area contributed by atoms with Crippen molar-refractivity contribution in [2.24, 2.45) is 0 Å². The van der Waals surface area contributed by atoms with Crippen LogP contribution in [0.4, 0.5) is 0 Å². The smallest absolute Gasteiger partial charge is 0.394 e. The quantitative estimate of drug-likeness (QED) is 0.790. The Morgan fingerprint density at radius 2 is 2.33 bits per heavy atom. The molecule has 0 aliphatic carbocycles. The largest absolute Gasteiger partial charge is 0.474 e. The Morgan fingerprint density at radius 1 is 1.53 bits per heavy atom. The summed E-state index contributed by atoms with van der Waals surface area (Å²) in [5, 5.41) is 12.1. The zero-order valence-electron chi connectivity index (χ0n) is 7.84. The molecule has 6 heteroatoms. The first kappa shape index (κ1) is 9.32. The third-order valence-electron chi connectivity index (χ3n) is 1.83. The van der Waals surface area contributed by atoms with E-state index < -0.39 is 11.9 Å². The molecule has 0 fully saturated rings. The van der Waals surface area contributed by atoms with Crippen molar-refractivity contribution in [1.29, 1.82) is 0 Å². The molecule has 76 valence electrons. The van der Waals surface area contributed by atoms with E-state index in [0.29, 0.717) is 5.69 Å². The minimum atomic E-state index is -1.25. The number of pyridine rings is 1. The molecule has 0 bridgehead atoms. The van der Waals surface area contributed by atoms with Crippen LogP contribution in [0.1, 0.15) is 16.2 Å². The fourth-order valence-electron chi connectivity index (χ4n) is 1.13. The maximum Gasteiger partial charge on any atom is 0.394 e. The molecule has 0 saturated heterocycles. The van der Waals surface area contributed by atoms with Crippen molar-refractivity contribution >= 4 is 5.97 Å². The number of aromatic carboxylic acids is 1. The Morgan fingerprint density at radius 3 is 2.93 bits per heavy atom. The lowest BCUT2D eigenvalue weighted by Gasteiger charge is -1.96. The molecule has 1 N–H and O–H groups in total. The molecule has 0 atom stereocenters. The first-order chi connectivity index (χ1) is 7.18. The molecule has 0 spiro atoms. The van der Waals surface area contributed by atoms with Crippen LogP contribution in [0.5, 0.6) is 0 Å². The third-order valence-corrected chi connectivity index (χ3v) is 1.83. The monoisotopic (exact) mass is 205 g/mol. The van der Waals surface area contributed by atoms with Crippen molar-refractivity contribution in [3.63, 3.8) is 0 Å². The van der Waals surface area contributed by atoms with Crippen molar-refractivity contribution in [3.05, 3.63) is 29.8 Å². The second-order valence-corrected chi connectivity index (χ2v) is 2.90. The number of nitrogens with zero attached hydrogens (tertiary/aromatic N) is 3. The molecule has 0 radical (unpaired) electrons. The number of carboxylic acid groups (broad SMARTS) is 1. The van der Waals surface area contributed by atoms with E-state index in [1.807, 2.05) is 13.0 Å². The van der Waals surface area contributed by atoms with Crippen LogP contribution in [-0.4, -0.2) is 26.2 Å². The van der Waals surface area contributed by atoms with Gasteiger partial charge in [0.1, 0.15) is 5.69 Å². The van der Waals surface area contributed by atoms with E-state index in [2.05, 4.69) is 19.6 Å². The van der Waals surface area contributed by atoms with E-state index in [1.165, 1.54) is 0 Å². The van der Waals surface area contributed by atoms with Gasteiger partial charge in [0.2, 0.25) is 5.82 Å². The van der Waals surface area contributed by atoms with Crippen LogP contribution in [0.25, 0.3) is 11.5 Å². The van der Waals surface area contributed by atoms with Crippen molar-refractivity contribution in [1.82, 2.24) is 15.1 Å². The van der Waals surface area contributed by atoms with E-state index in [0.717, 1.165) is 5.56 Å². The van der Waals surface area contributed by atoms with Crippen LogP contribution in [0.15, 0.2) is 22.9 Å². The van der Waals surface area contributed by atoms with Crippen molar-refractivity contribution < 1.29 is 14.4 Å². The van der Waals surface area contributed by atoms with Crippen LogP contribution in [0, 0.1) is 6.92 Å². The van der Waals surface area contributed by atoms with Gasteiger partial charge in [-0.05, 0) is 18.6 Å². The first-order valence-corrected chi connectivity index (χ1v) is 4.17. The maximum atomic E-state index is 10.5. The van der Waals surface area contributed by atoms with Gasteiger partial charge in [0.15, 0.2) is 0 Å². The van der Waals surface area contributed by atoms with Gasteiger partial charge < -0.3 is 9.63 Å². The summed E-state index contributed by atoms with van der Waals surface area (Å²) in [6, 6.07) is 3.61. The summed E-state index contributed by atoms with van der Waals surface area (Å²) >= 11 is 0. The molecule has 2 aromatic heterocycles. The van der Waals surface area contributed by atoms with E-state index >= 15 is 0 Å². The number of aromatic nitrogens is 3. The molecular formula is C9H7N3O3. The van der Waals surface area contributed by atoms with Crippen molar-refractivity contribution in [2.75, 3.05) is 0 Å². The van der Waals surface area contributed by atoms with Gasteiger partial charge in [0.25, 0.3) is 0 Å².